The fourth-order valence-corrected chi connectivity index (χ4v) is 3.68. The van der Waals surface area contributed by atoms with Crippen LogP contribution in [0.4, 0.5) is 11.4 Å². The van der Waals surface area contributed by atoms with E-state index in [0.717, 1.165) is 41.6 Å². The van der Waals surface area contributed by atoms with Crippen LogP contribution in [0.15, 0.2) is 48.5 Å². The van der Waals surface area contributed by atoms with Crippen LogP contribution >= 0.6 is 0 Å². The number of aryl methyl sites for hydroxylation is 1. The Morgan fingerprint density at radius 2 is 1.85 bits per heavy atom. The summed E-state index contributed by atoms with van der Waals surface area (Å²) in [7, 11) is 0. The Hall–Kier alpha value is -2.49. The summed E-state index contributed by atoms with van der Waals surface area (Å²) < 4.78 is 5.86. The van der Waals surface area contributed by atoms with Gasteiger partial charge in [-0.15, -0.1) is 0 Å². The summed E-state index contributed by atoms with van der Waals surface area (Å²) in [5.74, 6) is 1.70. The number of benzene rings is 2. The van der Waals surface area contributed by atoms with Crippen molar-refractivity contribution < 1.29 is 9.53 Å². The number of anilines is 2. The molecule has 0 spiro atoms. The van der Waals surface area contributed by atoms with Crippen molar-refractivity contribution in [1.29, 1.82) is 0 Å². The molecule has 2 aromatic carbocycles. The van der Waals surface area contributed by atoms with Gasteiger partial charge in [0.15, 0.2) is 0 Å². The predicted octanol–water partition coefficient (Wildman–Crippen LogP) is 5.19. The first-order valence-electron chi connectivity index (χ1n) is 10.1. The summed E-state index contributed by atoms with van der Waals surface area (Å²) in [4.78, 5) is 12.1. The lowest BCUT2D eigenvalue weighted by Gasteiger charge is -2.21. The van der Waals surface area contributed by atoms with Crippen molar-refractivity contribution in [1.82, 2.24) is 0 Å². The van der Waals surface area contributed by atoms with Crippen LogP contribution in [0, 0.1) is 5.92 Å². The molecule has 0 heterocycles. The second-order valence-corrected chi connectivity index (χ2v) is 7.46. The van der Waals surface area contributed by atoms with Gasteiger partial charge in [0.1, 0.15) is 5.75 Å². The molecule has 1 fully saturated rings. The minimum Gasteiger partial charge on any atom is -0.494 e. The maximum atomic E-state index is 12.1. The van der Waals surface area contributed by atoms with Gasteiger partial charge in [0.25, 0.3) is 0 Å². The number of hydrogen-bond donors (Lipinski definition) is 2. The topological polar surface area (TPSA) is 64.4 Å². The molecule has 27 heavy (non-hydrogen) atoms. The van der Waals surface area contributed by atoms with Crippen LogP contribution in [0.2, 0.25) is 0 Å². The Labute approximate surface area is 162 Å². The SMILES string of the molecule is Nc1cccc(CCC(=O)Nc2ccc(OCCC3CCCCC3)cc2)c1. The van der Waals surface area contributed by atoms with E-state index >= 15 is 0 Å². The zero-order chi connectivity index (χ0) is 18.9. The number of nitrogens with one attached hydrogen (secondary N) is 1. The van der Waals surface area contributed by atoms with Crippen LogP contribution in [-0.2, 0) is 11.2 Å². The van der Waals surface area contributed by atoms with Crippen molar-refractivity contribution in [2.75, 3.05) is 17.7 Å². The first kappa shape index (κ1) is 19.3. The summed E-state index contributed by atoms with van der Waals surface area (Å²) >= 11 is 0. The van der Waals surface area contributed by atoms with E-state index < -0.39 is 0 Å². The number of nitrogens with two attached hydrogens (primary N) is 1. The van der Waals surface area contributed by atoms with Gasteiger partial charge >= 0.3 is 0 Å². The summed E-state index contributed by atoms with van der Waals surface area (Å²) in [6, 6.07) is 15.3. The Morgan fingerprint density at radius 3 is 2.59 bits per heavy atom. The van der Waals surface area contributed by atoms with Gasteiger partial charge in [0, 0.05) is 17.8 Å². The highest BCUT2D eigenvalue weighted by Crippen LogP contribution is 2.26. The van der Waals surface area contributed by atoms with Gasteiger partial charge in [0.2, 0.25) is 5.91 Å². The molecule has 144 valence electrons. The highest BCUT2D eigenvalue weighted by Gasteiger charge is 2.13. The minimum absolute atomic E-state index is 0.00314. The van der Waals surface area contributed by atoms with E-state index in [4.69, 9.17) is 10.5 Å². The number of amides is 1. The first-order chi connectivity index (χ1) is 13.2. The molecular weight excluding hydrogens is 336 g/mol. The van der Waals surface area contributed by atoms with E-state index in [1.54, 1.807) is 0 Å². The molecular formula is C23H30N2O2. The highest BCUT2D eigenvalue weighted by atomic mass is 16.5. The maximum absolute atomic E-state index is 12.1. The van der Waals surface area contributed by atoms with Gasteiger partial charge in [-0.25, -0.2) is 0 Å². The number of ether oxygens (including phenoxy) is 1. The Kier molecular flexibility index (Phi) is 7.14. The van der Waals surface area contributed by atoms with Crippen LogP contribution in [0.3, 0.4) is 0 Å². The van der Waals surface area contributed by atoms with Crippen LogP contribution in [-0.4, -0.2) is 12.5 Å². The summed E-state index contributed by atoms with van der Waals surface area (Å²) in [5.41, 5.74) is 8.37. The molecule has 4 heteroatoms. The lowest BCUT2D eigenvalue weighted by atomic mass is 9.87. The molecule has 1 aliphatic rings. The van der Waals surface area contributed by atoms with Gasteiger partial charge in [-0.3, -0.25) is 4.79 Å². The predicted molar refractivity (Wildman–Crippen MR) is 111 cm³/mol. The van der Waals surface area contributed by atoms with E-state index in [1.165, 1.54) is 32.1 Å². The number of rotatable bonds is 8. The third-order valence-corrected chi connectivity index (χ3v) is 5.25. The molecule has 1 aliphatic carbocycles. The number of carbonyl (C=O) groups excluding carboxylic acids is 1. The normalized spacial score (nSPS) is 14.7. The van der Waals surface area contributed by atoms with Gasteiger partial charge in [-0.1, -0.05) is 44.2 Å². The average molecular weight is 367 g/mol. The molecule has 3 N–H and O–H groups in total. The zero-order valence-corrected chi connectivity index (χ0v) is 16.0. The quantitative estimate of drug-likeness (QED) is 0.632. The van der Waals surface area contributed by atoms with Gasteiger partial charge in [0.05, 0.1) is 6.61 Å². The monoisotopic (exact) mass is 366 g/mol. The minimum atomic E-state index is 0.00314. The smallest absolute Gasteiger partial charge is 0.224 e. The van der Waals surface area contributed by atoms with Gasteiger partial charge < -0.3 is 15.8 Å². The number of carbonyl (C=O) groups is 1. The van der Waals surface area contributed by atoms with E-state index in [2.05, 4.69) is 5.32 Å². The van der Waals surface area contributed by atoms with Crippen molar-refractivity contribution in [2.45, 2.75) is 51.4 Å². The van der Waals surface area contributed by atoms with Crippen molar-refractivity contribution in [3.63, 3.8) is 0 Å². The van der Waals surface area contributed by atoms with Gasteiger partial charge in [-0.05, 0) is 60.7 Å². The number of nitrogen functional groups attached to an aromatic ring is 1. The van der Waals surface area contributed by atoms with Crippen LogP contribution in [0.1, 0.15) is 50.5 Å². The van der Waals surface area contributed by atoms with Gasteiger partial charge in [-0.2, -0.15) is 0 Å². The second kappa shape index (κ2) is 10.0. The lowest BCUT2D eigenvalue weighted by molar-refractivity contribution is -0.116. The standard InChI is InChI=1S/C23H30N2O2/c24-20-8-4-7-19(17-20)9-14-23(26)25-21-10-12-22(13-11-21)27-16-15-18-5-2-1-3-6-18/h4,7-8,10-13,17-18H,1-3,5-6,9,14-16,24H2,(H,25,26). The third-order valence-electron chi connectivity index (χ3n) is 5.25. The van der Waals surface area contributed by atoms with Crippen molar-refractivity contribution >= 4 is 17.3 Å². The summed E-state index contributed by atoms with van der Waals surface area (Å²) in [6.45, 7) is 0.774. The maximum Gasteiger partial charge on any atom is 0.224 e. The molecule has 4 nitrogen and oxygen atoms in total. The first-order valence-corrected chi connectivity index (χ1v) is 10.1. The molecule has 0 unspecified atom stereocenters. The van der Waals surface area contributed by atoms with E-state index in [1.807, 2.05) is 48.5 Å². The highest BCUT2D eigenvalue weighted by molar-refractivity contribution is 5.90. The molecule has 3 rings (SSSR count). The Bertz CT molecular complexity index is 721. The summed E-state index contributed by atoms with van der Waals surface area (Å²) in [6.07, 6.45) is 9.09. The molecule has 0 bridgehead atoms. The van der Waals surface area contributed by atoms with E-state index in [0.29, 0.717) is 12.8 Å². The molecule has 2 aromatic rings. The molecule has 1 amide bonds. The average Bonchev–Trinajstić information content (AvgIpc) is 2.69. The van der Waals surface area contributed by atoms with Crippen LogP contribution < -0.4 is 15.8 Å². The molecule has 0 aromatic heterocycles. The van der Waals surface area contributed by atoms with Crippen molar-refractivity contribution in [3.8, 4) is 5.75 Å². The molecule has 0 radical (unpaired) electrons. The van der Waals surface area contributed by atoms with Crippen LogP contribution in [0.25, 0.3) is 0 Å². The molecule has 1 saturated carbocycles. The molecule has 0 atom stereocenters. The fourth-order valence-electron chi connectivity index (χ4n) is 3.68. The van der Waals surface area contributed by atoms with Crippen LogP contribution in [0.5, 0.6) is 5.75 Å². The Morgan fingerprint density at radius 1 is 1.07 bits per heavy atom. The number of hydrogen-bond acceptors (Lipinski definition) is 3. The zero-order valence-electron chi connectivity index (χ0n) is 16.0. The third kappa shape index (κ3) is 6.63. The van der Waals surface area contributed by atoms with E-state index in [9.17, 15) is 4.79 Å². The lowest BCUT2D eigenvalue weighted by Crippen LogP contribution is -2.12. The second-order valence-electron chi connectivity index (χ2n) is 7.46. The van der Waals surface area contributed by atoms with E-state index in [-0.39, 0.29) is 5.91 Å². The molecule has 0 saturated heterocycles. The van der Waals surface area contributed by atoms with Crippen molar-refractivity contribution in [3.05, 3.63) is 54.1 Å². The molecule has 0 aliphatic heterocycles. The van der Waals surface area contributed by atoms with Crippen molar-refractivity contribution in [2.24, 2.45) is 5.92 Å². The largest absolute Gasteiger partial charge is 0.494 e. The summed E-state index contributed by atoms with van der Waals surface area (Å²) in [5, 5.41) is 2.94. The fraction of sp³-hybridized carbons (Fsp3) is 0.435. The Balaban J connectivity index is 1.38.